The van der Waals surface area contributed by atoms with Crippen LogP contribution >= 0.6 is 15.6 Å². The molecular formula is C87H146O17P2. The van der Waals surface area contributed by atoms with Crippen LogP contribution in [-0.2, 0) is 65.4 Å². The Kier molecular flexibility index (Phi) is 74.3. The highest BCUT2D eigenvalue weighted by Crippen LogP contribution is 2.45. The van der Waals surface area contributed by atoms with E-state index >= 15 is 0 Å². The standard InChI is InChI=1S/C87H146O17P2/c1-5-9-13-17-21-25-29-33-37-39-40-42-45-48-52-56-60-64-68-72-85(90)98-78-83(104-87(92)74-70-66-62-58-54-50-46-41-38-34-30-26-22-18-14-10-6-2)80-102-106(95,96)100-76-81(88)75-99-105(93,94)101-79-82(103-86(91)73-69-65-61-57-53-49-44-36-32-28-24-20-16-12-8-4)77-97-84(89)71-67-63-59-55-51-47-43-35-31-27-23-19-15-11-7-3/h9-10,13-14,21-22,25-26,33-38,40,42-44,46,48,50,52,60,64,81-83,88H,5-8,11-12,15-20,23-24,27-32,39,41,45,47,49,51,53-59,61-63,65-80H2,1-4H3,(H,93,94)(H,95,96)/b13-9-,14-10-,25-21-,26-22-,37-33-,38-34-,42-40-,43-35-,44-36-,50-46-,52-48-,64-60-. The zero-order valence-electron chi connectivity index (χ0n) is 66.3. The molecule has 0 radical (unpaired) electrons. The summed E-state index contributed by atoms with van der Waals surface area (Å²) in [7, 11) is -10.00. The van der Waals surface area contributed by atoms with Gasteiger partial charge in [-0.15, -0.1) is 0 Å². The molecule has 0 saturated heterocycles. The van der Waals surface area contributed by atoms with Crippen LogP contribution in [0.2, 0.25) is 0 Å². The van der Waals surface area contributed by atoms with E-state index in [0.717, 1.165) is 161 Å². The third-order valence-corrected chi connectivity index (χ3v) is 18.7. The molecule has 0 amide bonds. The molecule has 0 aromatic carbocycles. The van der Waals surface area contributed by atoms with E-state index in [-0.39, 0.29) is 25.7 Å². The van der Waals surface area contributed by atoms with Crippen molar-refractivity contribution in [3.63, 3.8) is 0 Å². The van der Waals surface area contributed by atoms with Gasteiger partial charge in [-0.1, -0.05) is 289 Å². The van der Waals surface area contributed by atoms with Crippen LogP contribution in [0.25, 0.3) is 0 Å². The van der Waals surface area contributed by atoms with Gasteiger partial charge >= 0.3 is 39.5 Å². The summed E-state index contributed by atoms with van der Waals surface area (Å²) in [6.07, 6.45) is 89.8. The Labute approximate surface area is 643 Å². The number of aliphatic hydroxyl groups is 1. The molecule has 3 N–H and O–H groups in total. The SMILES string of the molecule is CC/C=C\C/C=C\C/C=C\C/C=C\C/C=C\C/C=C\CCC(=O)OCC(COP(=O)(O)OCC(O)COP(=O)(O)OCC(COC(=O)CCCCCCC/C=C\CCCCCCCC)OC(=O)CCCCCCC/C=C\CCCCCCCC)OC(=O)CCCCCC/C=C\C/C=C\C/C=C\C/C=C\CC. The summed E-state index contributed by atoms with van der Waals surface area (Å²) in [6.45, 7) is 4.52. The normalized spacial score (nSPS) is 14.6. The molecule has 0 fully saturated rings. The molecule has 0 aromatic rings. The third kappa shape index (κ3) is 77.1. The first-order valence-corrected chi connectivity index (χ1v) is 44.1. The fraction of sp³-hybridized carbons (Fsp3) is 0.678. The van der Waals surface area contributed by atoms with Crippen LogP contribution in [0.5, 0.6) is 0 Å². The Morgan fingerprint density at radius 2 is 0.509 bits per heavy atom. The van der Waals surface area contributed by atoms with Gasteiger partial charge in [-0.25, -0.2) is 9.13 Å². The fourth-order valence-corrected chi connectivity index (χ4v) is 12.2. The molecule has 0 aliphatic rings. The van der Waals surface area contributed by atoms with E-state index in [1.54, 1.807) is 0 Å². The molecule has 0 saturated carbocycles. The molecule has 106 heavy (non-hydrogen) atoms. The lowest BCUT2D eigenvalue weighted by molar-refractivity contribution is -0.161. The number of carbonyl (C=O) groups excluding carboxylic acids is 4. The van der Waals surface area contributed by atoms with Crippen LogP contribution in [-0.4, -0.2) is 96.7 Å². The number of aliphatic hydroxyl groups excluding tert-OH is 1. The third-order valence-electron chi connectivity index (χ3n) is 16.8. The van der Waals surface area contributed by atoms with Gasteiger partial charge in [0.25, 0.3) is 0 Å². The second-order valence-corrected chi connectivity index (χ2v) is 29.8. The summed E-state index contributed by atoms with van der Waals surface area (Å²) < 4.78 is 68.6. The van der Waals surface area contributed by atoms with Crippen molar-refractivity contribution in [2.75, 3.05) is 39.6 Å². The topological polar surface area (TPSA) is 237 Å². The second-order valence-electron chi connectivity index (χ2n) is 26.9. The van der Waals surface area contributed by atoms with Gasteiger partial charge in [0.15, 0.2) is 12.2 Å². The lowest BCUT2D eigenvalue weighted by Gasteiger charge is -2.21. The van der Waals surface area contributed by atoms with Crippen molar-refractivity contribution in [1.29, 1.82) is 0 Å². The van der Waals surface area contributed by atoms with Crippen LogP contribution in [0.15, 0.2) is 146 Å². The van der Waals surface area contributed by atoms with Crippen molar-refractivity contribution in [2.45, 2.75) is 341 Å². The highest BCUT2D eigenvalue weighted by Gasteiger charge is 2.30. The predicted molar refractivity (Wildman–Crippen MR) is 436 cm³/mol. The van der Waals surface area contributed by atoms with Crippen molar-refractivity contribution in [3.05, 3.63) is 146 Å². The summed E-state index contributed by atoms with van der Waals surface area (Å²) in [6, 6.07) is 0. The average molecular weight is 1530 g/mol. The first-order valence-electron chi connectivity index (χ1n) is 41.1. The van der Waals surface area contributed by atoms with E-state index < -0.39 is 97.5 Å². The van der Waals surface area contributed by atoms with Crippen molar-refractivity contribution in [2.24, 2.45) is 0 Å². The van der Waals surface area contributed by atoms with Crippen LogP contribution in [0, 0.1) is 0 Å². The molecular weight excluding hydrogens is 1380 g/mol. The van der Waals surface area contributed by atoms with Crippen LogP contribution < -0.4 is 0 Å². The second kappa shape index (κ2) is 78.1. The van der Waals surface area contributed by atoms with Crippen LogP contribution in [0.1, 0.15) is 323 Å². The van der Waals surface area contributed by atoms with Crippen molar-refractivity contribution in [1.82, 2.24) is 0 Å². The highest BCUT2D eigenvalue weighted by atomic mass is 31.2. The monoisotopic (exact) mass is 1530 g/mol. The maximum Gasteiger partial charge on any atom is 0.472 e. The number of hydrogen-bond acceptors (Lipinski definition) is 15. The number of unbranched alkanes of at least 4 members (excludes halogenated alkanes) is 26. The van der Waals surface area contributed by atoms with Gasteiger partial charge in [0, 0.05) is 25.7 Å². The quantitative estimate of drug-likeness (QED) is 0.0169. The van der Waals surface area contributed by atoms with E-state index in [1.165, 1.54) is 77.0 Å². The summed E-state index contributed by atoms with van der Waals surface area (Å²) in [5.41, 5.74) is 0. The smallest absolute Gasteiger partial charge is 0.462 e. The Morgan fingerprint density at radius 1 is 0.274 bits per heavy atom. The Bertz CT molecular complexity index is 2580. The zero-order chi connectivity index (χ0) is 77.4. The van der Waals surface area contributed by atoms with Crippen LogP contribution in [0.4, 0.5) is 0 Å². The van der Waals surface area contributed by atoms with E-state index in [9.17, 15) is 43.2 Å². The molecule has 0 bridgehead atoms. The number of phosphoric ester groups is 2. The number of esters is 4. The summed E-state index contributed by atoms with van der Waals surface area (Å²) in [4.78, 5) is 73.1. The van der Waals surface area contributed by atoms with E-state index in [4.69, 9.17) is 37.0 Å². The van der Waals surface area contributed by atoms with Crippen molar-refractivity contribution < 1.29 is 80.2 Å². The van der Waals surface area contributed by atoms with Crippen molar-refractivity contribution in [3.8, 4) is 0 Å². The summed E-state index contributed by atoms with van der Waals surface area (Å²) >= 11 is 0. The van der Waals surface area contributed by atoms with E-state index in [2.05, 4.69) is 155 Å². The molecule has 17 nitrogen and oxygen atoms in total. The van der Waals surface area contributed by atoms with Gasteiger partial charge in [-0.3, -0.25) is 37.3 Å². The van der Waals surface area contributed by atoms with Gasteiger partial charge in [0.1, 0.15) is 19.3 Å². The predicted octanol–water partition coefficient (Wildman–Crippen LogP) is 24.2. The molecule has 0 spiro atoms. The van der Waals surface area contributed by atoms with E-state index in [1.807, 2.05) is 18.2 Å². The maximum absolute atomic E-state index is 13.1. The van der Waals surface area contributed by atoms with Gasteiger partial charge in [0.2, 0.25) is 0 Å². The Balaban J connectivity index is 5.48. The number of allylic oxidation sites excluding steroid dienone is 24. The van der Waals surface area contributed by atoms with E-state index in [0.29, 0.717) is 32.1 Å². The molecule has 5 unspecified atom stereocenters. The lowest BCUT2D eigenvalue weighted by Crippen LogP contribution is -2.30. The minimum Gasteiger partial charge on any atom is -0.462 e. The zero-order valence-corrected chi connectivity index (χ0v) is 68.1. The molecule has 19 heteroatoms. The molecule has 0 heterocycles. The Hall–Kier alpha value is -5.06. The van der Waals surface area contributed by atoms with Crippen LogP contribution in [0.3, 0.4) is 0 Å². The lowest BCUT2D eigenvalue weighted by atomic mass is 10.1. The average Bonchev–Trinajstić information content (AvgIpc) is 0.902. The number of carbonyl (C=O) groups is 4. The first kappa shape index (κ1) is 101. The van der Waals surface area contributed by atoms with Gasteiger partial charge < -0.3 is 33.8 Å². The van der Waals surface area contributed by atoms with Crippen molar-refractivity contribution >= 4 is 39.5 Å². The number of rotatable bonds is 76. The molecule has 0 aliphatic carbocycles. The number of phosphoric acid groups is 2. The van der Waals surface area contributed by atoms with Gasteiger partial charge in [-0.05, 0) is 154 Å². The number of ether oxygens (including phenoxy) is 4. The molecule has 0 aliphatic heterocycles. The first-order chi connectivity index (χ1) is 51.7. The minimum atomic E-state index is -5.01. The Morgan fingerprint density at radius 3 is 0.821 bits per heavy atom. The molecule has 0 aromatic heterocycles. The highest BCUT2D eigenvalue weighted by molar-refractivity contribution is 7.47. The van der Waals surface area contributed by atoms with Gasteiger partial charge in [0.05, 0.1) is 26.4 Å². The summed E-state index contributed by atoms with van der Waals surface area (Å²) in [5, 5.41) is 10.7. The molecule has 606 valence electrons. The summed E-state index contributed by atoms with van der Waals surface area (Å²) in [5.74, 6) is -2.32. The minimum absolute atomic E-state index is 0.0259. The maximum atomic E-state index is 13.1. The largest absolute Gasteiger partial charge is 0.472 e. The van der Waals surface area contributed by atoms with Gasteiger partial charge in [-0.2, -0.15) is 0 Å². The molecule has 5 atom stereocenters. The fourth-order valence-electron chi connectivity index (χ4n) is 10.6. The number of hydrogen-bond donors (Lipinski definition) is 3. The molecule has 0 rings (SSSR count).